The van der Waals surface area contributed by atoms with Gasteiger partial charge in [-0.2, -0.15) is 0 Å². The molecule has 1 aromatic heterocycles. The van der Waals surface area contributed by atoms with Crippen molar-refractivity contribution < 1.29 is 9.59 Å². The molecule has 0 aliphatic rings. The zero-order valence-corrected chi connectivity index (χ0v) is 14.2. The third-order valence-corrected chi connectivity index (χ3v) is 4.22. The van der Waals surface area contributed by atoms with Crippen LogP contribution in [0.3, 0.4) is 0 Å². The van der Waals surface area contributed by atoms with E-state index in [9.17, 15) is 9.59 Å². The number of likely N-dealkylation sites (N-methyl/N-ethyl adjacent to an activating group) is 1. The van der Waals surface area contributed by atoms with Crippen LogP contribution < -0.4 is 11.1 Å². The zero-order chi connectivity index (χ0) is 18.0. The van der Waals surface area contributed by atoms with Crippen molar-refractivity contribution in [1.29, 1.82) is 0 Å². The minimum Gasteiger partial charge on any atom is -0.366 e. The highest BCUT2D eigenvalue weighted by molar-refractivity contribution is 5.94. The Kier molecular flexibility index (Phi) is 4.48. The lowest BCUT2D eigenvalue weighted by Gasteiger charge is -2.11. The van der Waals surface area contributed by atoms with Crippen LogP contribution in [0.15, 0.2) is 48.5 Å². The molecule has 0 radical (unpaired) electrons. The number of carbonyl (C=O) groups excluding carboxylic acids is 2. The number of carbonyl (C=O) groups is 2. The van der Waals surface area contributed by atoms with Crippen molar-refractivity contribution in [1.82, 2.24) is 10.3 Å². The van der Waals surface area contributed by atoms with Gasteiger partial charge >= 0.3 is 0 Å². The number of hydrogen-bond acceptors (Lipinski definition) is 3. The molecule has 3 aromatic rings. The highest BCUT2D eigenvalue weighted by Gasteiger charge is 2.11. The van der Waals surface area contributed by atoms with Crippen molar-refractivity contribution >= 4 is 22.7 Å². The van der Waals surface area contributed by atoms with Gasteiger partial charge in [0.1, 0.15) is 0 Å². The van der Waals surface area contributed by atoms with Crippen molar-refractivity contribution in [3.05, 3.63) is 65.2 Å². The molecule has 0 spiro atoms. The van der Waals surface area contributed by atoms with Gasteiger partial charge < -0.3 is 11.1 Å². The number of aryl methyl sites for hydroxylation is 1. The maximum absolute atomic E-state index is 11.8. The normalized spacial score (nSPS) is 10.6. The van der Waals surface area contributed by atoms with Gasteiger partial charge in [0.05, 0.1) is 17.6 Å². The summed E-state index contributed by atoms with van der Waals surface area (Å²) >= 11 is 0. The molecule has 0 aliphatic carbocycles. The fraction of sp³-hybridized carbons (Fsp3) is 0.150. The Labute approximate surface area is 145 Å². The highest BCUT2D eigenvalue weighted by atomic mass is 16.1. The largest absolute Gasteiger partial charge is 0.366 e. The van der Waals surface area contributed by atoms with Crippen LogP contribution in [0.4, 0.5) is 0 Å². The number of amides is 2. The van der Waals surface area contributed by atoms with Crippen LogP contribution in [-0.4, -0.2) is 23.8 Å². The van der Waals surface area contributed by atoms with Gasteiger partial charge in [0.25, 0.3) is 0 Å². The number of pyridine rings is 1. The van der Waals surface area contributed by atoms with Crippen LogP contribution in [-0.2, 0) is 11.2 Å². The SMILES string of the molecule is CNC(=O)Cc1cccc2c(C)cc(-c3ccc(C(N)=O)cc3)nc12. The fourth-order valence-electron chi connectivity index (χ4n) is 2.83. The number of para-hydroxylation sites is 1. The van der Waals surface area contributed by atoms with Gasteiger partial charge in [0.15, 0.2) is 0 Å². The second-order valence-corrected chi connectivity index (χ2v) is 5.93. The minimum atomic E-state index is -0.456. The average molecular weight is 333 g/mol. The molecular formula is C20H19N3O2. The Morgan fingerprint density at radius 1 is 1.12 bits per heavy atom. The molecule has 5 nitrogen and oxygen atoms in total. The lowest BCUT2D eigenvalue weighted by atomic mass is 10.0. The maximum Gasteiger partial charge on any atom is 0.248 e. The predicted molar refractivity (Wildman–Crippen MR) is 98.2 cm³/mol. The summed E-state index contributed by atoms with van der Waals surface area (Å²) in [6.07, 6.45) is 0.282. The van der Waals surface area contributed by atoms with Gasteiger partial charge in [-0.25, -0.2) is 4.98 Å². The quantitative estimate of drug-likeness (QED) is 0.769. The van der Waals surface area contributed by atoms with Crippen LogP contribution in [0.25, 0.3) is 22.2 Å². The molecule has 3 rings (SSSR count). The summed E-state index contributed by atoms with van der Waals surface area (Å²) in [7, 11) is 1.62. The number of nitrogens with two attached hydrogens (primary N) is 1. The average Bonchev–Trinajstić information content (AvgIpc) is 2.62. The van der Waals surface area contributed by atoms with E-state index in [1.54, 1.807) is 19.2 Å². The minimum absolute atomic E-state index is 0.0526. The maximum atomic E-state index is 11.8. The standard InChI is InChI=1S/C20H19N3O2/c1-12-10-17(13-6-8-14(9-7-13)20(21)25)23-19-15(11-18(24)22-2)4-3-5-16(12)19/h3-10H,11H2,1-2H3,(H2,21,25)(H,22,24). The van der Waals surface area contributed by atoms with Crippen LogP contribution in [0, 0.1) is 6.92 Å². The van der Waals surface area contributed by atoms with Crippen molar-refractivity contribution in [3.63, 3.8) is 0 Å². The van der Waals surface area contributed by atoms with Gasteiger partial charge in [-0.15, -0.1) is 0 Å². The summed E-state index contributed by atoms with van der Waals surface area (Å²) in [5, 5.41) is 3.67. The molecule has 5 heteroatoms. The van der Waals surface area contributed by atoms with Crippen molar-refractivity contribution in [3.8, 4) is 11.3 Å². The van der Waals surface area contributed by atoms with E-state index in [-0.39, 0.29) is 12.3 Å². The molecule has 0 bridgehead atoms. The smallest absolute Gasteiger partial charge is 0.248 e. The lowest BCUT2D eigenvalue weighted by molar-refractivity contribution is -0.119. The summed E-state index contributed by atoms with van der Waals surface area (Å²) in [5.41, 5.74) is 10.2. The third kappa shape index (κ3) is 3.35. The molecule has 0 aliphatic heterocycles. The predicted octanol–water partition coefficient (Wildman–Crippen LogP) is 2.60. The Morgan fingerprint density at radius 3 is 2.48 bits per heavy atom. The number of hydrogen-bond donors (Lipinski definition) is 2. The molecule has 126 valence electrons. The van der Waals surface area contributed by atoms with Crippen LogP contribution in [0.1, 0.15) is 21.5 Å². The third-order valence-electron chi connectivity index (χ3n) is 4.22. The van der Waals surface area contributed by atoms with Gasteiger partial charge in [0, 0.05) is 23.6 Å². The molecule has 0 saturated carbocycles. The first-order valence-electron chi connectivity index (χ1n) is 7.99. The van der Waals surface area contributed by atoms with E-state index in [2.05, 4.69) is 5.32 Å². The van der Waals surface area contributed by atoms with E-state index in [0.29, 0.717) is 5.56 Å². The molecule has 3 N–H and O–H groups in total. The second-order valence-electron chi connectivity index (χ2n) is 5.93. The number of benzene rings is 2. The van der Waals surface area contributed by atoms with Crippen molar-refractivity contribution in [2.75, 3.05) is 7.05 Å². The molecule has 1 heterocycles. The Hall–Kier alpha value is -3.21. The fourth-order valence-corrected chi connectivity index (χ4v) is 2.83. The molecular weight excluding hydrogens is 314 g/mol. The summed E-state index contributed by atoms with van der Waals surface area (Å²) in [4.78, 5) is 27.8. The summed E-state index contributed by atoms with van der Waals surface area (Å²) in [6.45, 7) is 2.02. The van der Waals surface area contributed by atoms with E-state index in [4.69, 9.17) is 10.7 Å². The molecule has 2 aromatic carbocycles. The second kappa shape index (κ2) is 6.73. The van der Waals surface area contributed by atoms with E-state index in [1.807, 2.05) is 43.3 Å². The van der Waals surface area contributed by atoms with Crippen LogP contribution in [0.5, 0.6) is 0 Å². The number of rotatable bonds is 4. The summed E-state index contributed by atoms with van der Waals surface area (Å²) in [5.74, 6) is -0.509. The number of nitrogens with one attached hydrogen (secondary N) is 1. The van der Waals surface area contributed by atoms with E-state index in [1.165, 1.54) is 0 Å². The van der Waals surface area contributed by atoms with E-state index in [0.717, 1.165) is 33.3 Å². The van der Waals surface area contributed by atoms with Crippen LogP contribution >= 0.6 is 0 Å². The van der Waals surface area contributed by atoms with Crippen molar-refractivity contribution in [2.45, 2.75) is 13.3 Å². The summed E-state index contributed by atoms with van der Waals surface area (Å²) < 4.78 is 0. The molecule has 0 atom stereocenters. The summed E-state index contributed by atoms with van der Waals surface area (Å²) in [6, 6.07) is 14.9. The Balaban J connectivity index is 2.12. The first kappa shape index (κ1) is 16.6. The number of aromatic nitrogens is 1. The number of primary amides is 1. The topological polar surface area (TPSA) is 85.1 Å². The molecule has 25 heavy (non-hydrogen) atoms. The van der Waals surface area contributed by atoms with Gasteiger partial charge in [-0.3, -0.25) is 9.59 Å². The van der Waals surface area contributed by atoms with E-state index < -0.39 is 5.91 Å². The Morgan fingerprint density at radius 2 is 1.84 bits per heavy atom. The van der Waals surface area contributed by atoms with Gasteiger partial charge in [-0.1, -0.05) is 30.3 Å². The first-order valence-corrected chi connectivity index (χ1v) is 7.99. The molecule has 2 amide bonds. The van der Waals surface area contributed by atoms with Gasteiger partial charge in [-0.05, 0) is 36.2 Å². The molecule has 0 unspecified atom stereocenters. The Bertz CT molecular complexity index is 963. The number of nitrogens with zero attached hydrogens (tertiary/aromatic N) is 1. The zero-order valence-electron chi connectivity index (χ0n) is 14.2. The van der Waals surface area contributed by atoms with Gasteiger partial charge in [0.2, 0.25) is 11.8 Å². The molecule has 0 saturated heterocycles. The van der Waals surface area contributed by atoms with E-state index >= 15 is 0 Å². The lowest BCUT2D eigenvalue weighted by Crippen LogP contribution is -2.20. The monoisotopic (exact) mass is 333 g/mol. The highest BCUT2D eigenvalue weighted by Crippen LogP contribution is 2.27. The first-order chi connectivity index (χ1) is 12.0. The number of fused-ring (bicyclic) bond motifs is 1. The van der Waals surface area contributed by atoms with Crippen LogP contribution in [0.2, 0.25) is 0 Å². The molecule has 0 fully saturated rings. The van der Waals surface area contributed by atoms with Crippen molar-refractivity contribution in [2.24, 2.45) is 5.73 Å².